The van der Waals surface area contributed by atoms with Crippen LogP contribution in [0.25, 0.3) is 0 Å². The molecule has 3 heteroatoms. The van der Waals surface area contributed by atoms with Gasteiger partial charge in [0.05, 0.1) is 6.61 Å². The van der Waals surface area contributed by atoms with Crippen molar-refractivity contribution in [2.45, 2.75) is 26.7 Å². The second-order valence-corrected chi connectivity index (χ2v) is 3.96. The van der Waals surface area contributed by atoms with Gasteiger partial charge in [-0.15, -0.1) is 0 Å². The molecule has 0 radical (unpaired) electrons. The van der Waals surface area contributed by atoms with Crippen molar-refractivity contribution in [1.82, 2.24) is 0 Å². The standard InChI is InChI=1S/C6H12O2.C6H5.Ti/c1-3-4-5-8-6(2)7;1-2-4-6-5-3-1;/h3-5H2,1-2H3;1-5H;. The van der Waals surface area contributed by atoms with Crippen LogP contribution in [-0.2, 0) is 30.0 Å². The van der Waals surface area contributed by atoms with Crippen molar-refractivity contribution in [2.75, 3.05) is 6.61 Å². The molecule has 0 heterocycles. The molecule has 0 fully saturated rings. The molecule has 2 nitrogen and oxygen atoms in total. The average Bonchev–Trinajstić information content (AvgIpc) is 2.20. The topological polar surface area (TPSA) is 26.3 Å². The third-order valence-corrected chi connectivity index (χ3v) is 2.10. The summed E-state index contributed by atoms with van der Waals surface area (Å²) in [5.41, 5.74) is 0. The summed E-state index contributed by atoms with van der Waals surface area (Å²) >= 11 is 2.08. The van der Waals surface area contributed by atoms with E-state index in [1.165, 1.54) is 10.8 Å². The molecular weight excluding hydrogens is 224 g/mol. The minimum absolute atomic E-state index is 0.182. The van der Waals surface area contributed by atoms with Gasteiger partial charge in [0.25, 0.3) is 0 Å². The first kappa shape index (κ1) is 14.4. The van der Waals surface area contributed by atoms with Crippen LogP contribution in [0.3, 0.4) is 0 Å². The van der Waals surface area contributed by atoms with Gasteiger partial charge in [-0.25, -0.2) is 0 Å². The van der Waals surface area contributed by atoms with Crippen molar-refractivity contribution in [2.24, 2.45) is 0 Å². The summed E-state index contributed by atoms with van der Waals surface area (Å²) in [4.78, 5) is 10.1. The summed E-state index contributed by atoms with van der Waals surface area (Å²) in [6, 6.07) is 10.3. The molecule has 0 spiro atoms. The second-order valence-electron chi connectivity index (χ2n) is 3.06. The molecule has 0 N–H and O–H groups in total. The zero-order chi connectivity index (χ0) is 11.5. The normalized spacial score (nSPS) is 8.60. The van der Waals surface area contributed by atoms with Crippen molar-refractivity contribution in [1.29, 1.82) is 0 Å². The van der Waals surface area contributed by atoms with Crippen LogP contribution in [0.15, 0.2) is 30.3 Å². The first-order chi connectivity index (χ1) is 7.16. The molecular formula is C12H17O2Ti. The van der Waals surface area contributed by atoms with Gasteiger partial charge in [0.2, 0.25) is 0 Å². The van der Waals surface area contributed by atoms with Gasteiger partial charge < -0.3 is 4.74 Å². The maximum atomic E-state index is 10.1. The Morgan fingerprint density at radius 1 is 1.33 bits per heavy atom. The maximum absolute atomic E-state index is 10.1. The van der Waals surface area contributed by atoms with Crippen molar-refractivity contribution in [3.63, 3.8) is 0 Å². The molecule has 0 saturated carbocycles. The number of hydrogen-bond donors (Lipinski definition) is 0. The van der Waals surface area contributed by atoms with E-state index in [4.69, 9.17) is 0 Å². The Bertz CT molecular complexity index is 260. The van der Waals surface area contributed by atoms with E-state index in [0.29, 0.717) is 6.61 Å². The summed E-state index contributed by atoms with van der Waals surface area (Å²) in [6.45, 7) is 4.06. The number of carbonyl (C=O) groups excluding carboxylic acids is 1. The van der Waals surface area contributed by atoms with Gasteiger partial charge in [-0.1, -0.05) is 13.3 Å². The van der Waals surface area contributed by atoms with Crippen LogP contribution in [0.1, 0.15) is 26.7 Å². The fraction of sp³-hybridized carbons (Fsp3) is 0.417. The predicted octanol–water partition coefficient (Wildman–Crippen LogP) is 2.21. The second kappa shape index (κ2) is 9.94. The molecule has 0 aromatic heterocycles. The Balaban J connectivity index is 0.000000262. The predicted molar refractivity (Wildman–Crippen MR) is 57.6 cm³/mol. The minimum atomic E-state index is -0.182. The van der Waals surface area contributed by atoms with E-state index >= 15 is 0 Å². The molecule has 0 amide bonds. The number of benzene rings is 1. The number of ether oxygens (including phenoxy) is 1. The van der Waals surface area contributed by atoms with E-state index in [9.17, 15) is 4.79 Å². The van der Waals surface area contributed by atoms with Crippen LogP contribution in [0.5, 0.6) is 0 Å². The molecule has 1 rings (SSSR count). The van der Waals surface area contributed by atoms with E-state index in [-0.39, 0.29) is 5.97 Å². The van der Waals surface area contributed by atoms with Crippen molar-refractivity contribution in [3.8, 4) is 0 Å². The van der Waals surface area contributed by atoms with Crippen molar-refractivity contribution in [3.05, 3.63) is 30.3 Å². The molecule has 0 atom stereocenters. The van der Waals surface area contributed by atoms with Gasteiger partial charge in [-0.2, -0.15) is 0 Å². The zero-order valence-electron chi connectivity index (χ0n) is 9.32. The van der Waals surface area contributed by atoms with E-state index in [1.54, 1.807) is 0 Å². The quantitative estimate of drug-likeness (QED) is 0.460. The number of carbonyl (C=O) groups is 1. The zero-order valence-corrected chi connectivity index (χ0v) is 10.9. The Morgan fingerprint density at radius 3 is 2.27 bits per heavy atom. The summed E-state index contributed by atoms with van der Waals surface area (Å²) in [7, 11) is 0. The fourth-order valence-electron chi connectivity index (χ4n) is 0.798. The van der Waals surface area contributed by atoms with Crippen LogP contribution >= 0.6 is 0 Å². The van der Waals surface area contributed by atoms with Gasteiger partial charge in [-0.3, -0.25) is 4.79 Å². The summed E-state index contributed by atoms with van der Waals surface area (Å²) in [6.07, 6.45) is 2.05. The van der Waals surface area contributed by atoms with E-state index in [2.05, 4.69) is 44.2 Å². The molecule has 81 valence electrons. The van der Waals surface area contributed by atoms with Crippen molar-refractivity contribution >= 4 is 9.84 Å². The van der Waals surface area contributed by atoms with Crippen LogP contribution in [-0.4, -0.2) is 12.6 Å². The van der Waals surface area contributed by atoms with Crippen LogP contribution < -0.4 is 3.87 Å². The van der Waals surface area contributed by atoms with Crippen LogP contribution in [0.4, 0.5) is 0 Å². The molecule has 0 bridgehead atoms. The average molecular weight is 241 g/mol. The van der Waals surface area contributed by atoms with Gasteiger partial charge in [-0.05, 0) is 6.42 Å². The Morgan fingerprint density at radius 2 is 1.93 bits per heavy atom. The van der Waals surface area contributed by atoms with Gasteiger partial charge in [0, 0.05) is 6.92 Å². The number of hydrogen-bond acceptors (Lipinski definition) is 2. The van der Waals surface area contributed by atoms with E-state index < -0.39 is 0 Å². The fourth-order valence-corrected chi connectivity index (χ4v) is 1.10. The SMILES string of the molecule is CCCCOC(C)=O.[Ti][c]1ccccc1. The monoisotopic (exact) mass is 241 g/mol. The van der Waals surface area contributed by atoms with Gasteiger partial charge >= 0.3 is 60.6 Å². The Labute approximate surface area is 103 Å². The number of unbranched alkanes of at least 4 members (excludes halogenated alkanes) is 1. The van der Waals surface area contributed by atoms with E-state index in [0.717, 1.165) is 12.8 Å². The molecule has 15 heavy (non-hydrogen) atoms. The molecule has 0 aliphatic carbocycles. The molecule has 0 aliphatic heterocycles. The first-order valence-electron chi connectivity index (χ1n) is 5.06. The number of rotatable bonds is 3. The molecule has 0 unspecified atom stereocenters. The Hall–Kier alpha value is -0.596. The number of esters is 1. The first-order valence-corrected chi connectivity index (χ1v) is 5.85. The van der Waals surface area contributed by atoms with Gasteiger partial charge in [0.15, 0.2) is 0 Å². The summed E-state index contributed by atoms with van der Waals surface area (Å²) in [5, 5.41) is 0. The Kier molecular flexibility index (Phi) is 9.55. The third-order valence-electron chi connectivity index (χ3n) is 1.58. The third kappa shape index (κ3) is 11.3. The van der Waals surface area contributed by atoms with E-state index in [1.807, 2.05) is 18.2 Å². The summed E-state index contributed by atoms with van der Waals surface area (Å²) in [5.74, 6) is -0.182. The summed E-state index contributed by atoms with van der Waals surface area (Å²) < 4.78 is 5.97. The van der Waals surface area contributed by atoms with Crippen molar-refractivity contribution < 1.29 is 30.0 Å². The van der Waals surface area contributed by atoms with Crippen LogP contribution in [0, 0.1) is 0 Å². The molecule has 1 aromatic rings. The molecule has 0 aliphatic rings. The van der Waals surface area contributed by atoms with Crippen LogP contribution in [0.2, 0.25) is 0 Å². The van der Waals surface area contributed by atoms with Gasteiger partial charge in [0.1, 0.15) is 0 Å². The molecule has 0 saturated heterocycles. The molecule has 1 aromatic carbocycles.